The Balaban J connectivity index is 1.28. The Kier molecular flexibility index (Phi) is 7.76. The predicted octanol–water partition coefficient (Wildman–Crippen LogP) is 4.91. The van der Waals surface area contributed by atoms with Crippen LogP contribution in [0.2, 0.25) is 5.02 Å². The largest absolute Gasteiger partial charge is 0.493 e. The molecular weight excluding hydrogens is 501 g/mol. The van der Waals surface area contributed by atoms with Crippen molar-refractivity contribution in [1.29, 1.82) is 0 Å². The number of benzene rings is 2. The lowest BCUT2D eigenvalue weighted by Crippen LogP contribution is -2.50. The Morgan fingerprint density at radius 3 is 2.68 bits per heavy atom. The number of ether oxygens (including phenoxy) is 3. The third-order valence-electron chi connectivity index (χ3n) is 6.72. The van der Waals surface area contributed by atoms with Gasteiger partial charge in [-0.25, -0.2) is 19.2 Å². The highest BCUT2D eigenvalue weighted by molar-refractivity contribution is 6.31. The molecule has 2 fully saturated rings. The number of rotatable bonds is 6. The summed E-state index contributed by atoms with van der Waals surface area (Å²) in [5.74, 6) is 0.973. The second-order valence-corrected chi connectivity index (χ2v) is 9.52. The SMILES string of the molecule is COc1cc2ncnc(Nc3cccc(Cl)c3F)c2cc1OC1CCC(NC(=O)N2CCOCC2)CC1. The van der Waals surface area contributed by atoms with Gasteiger partial charge in [-0.2, -0.15) is 0 Å². The van der Waals surface area contributed by atoms with Gasteiger partial charge >= 0.3 is 6.03 Å². The summed E-state index contributed by atoms with van der Waals surface area (Å²) in [6.07, 6.45) is 4.59. The molecule has 2 amide bonds. The monoisotopic (exact) mass is 529 g/mol. The maximum absolute atomic E-state index is 14.5. The van der Waals surface area contributed by atoms with Crippen LogP contribution in [-0.2, 0) is 4.74 Å². The average Bonchev–Trinajstić information content (AvgIpc) is 2.92. The zero-order chi connectivity index (χ0) is 25.8. The molecule has 2 aliphatic rings. The first-order valence-electron chi connectivity index (χ1n) is 12.4. The first-order valence-corrected chi connectivity index (χ1v) is 12.7. The van der Waals surface area contributed by atoms with E-state index in [-0.39, 0.29) is 28.9 Å². The molecule has 0 radical (unpaired) electrons. The number of amides is 2. The molecule has 37 heavy (non-hydrogen) atoms. The molecule has 0 unspecified atom stereocenters. The maximum Gasteiger partial charge on any atom is 0.317 e. The number of fused-ring (bicyclic) bond motifs is 1. The van der Waals surface area contributed by atoms with E-state index in [2.05, 4.69) is 20.6 Å². The fraction of sp³-hybridized carbons (Fsp3) is 0.423. The number of urea groups is 1. The maximum atomic E-state index is 14.5. The molecule has 9 nitrogen and oxygen atoms in total. The van der Waals surface area contributed by atoms with Crippen LogP contribution >= 0.6 is 11.6 Å². The van der Waals surface area contributed by atoms with Gasteiger partial charge in [0.2, 0.25) is 0 Å². The van der Waals surface area contributed by atoms with E-state index in [4.69, 9.17) is 25.8 Å². The summed E-state index contributed by atoms with van der Waals surface area (Å²) in [7, 11) is 1.58. The number of nitrogens with zero attached hydrogens (tertiary/aromatic N) is 3. The van der Waals surface area contributed by atoms with Crippen molar-refractivity contribution in [3.05, 3.63) is 47.5 Å². The Bertz CT molecular complexity index is 1270. The number of halogens is 2. The number of aromatic nitrogens is 2. The third kappa shape index (κ3) is 5.80. The topological polar surface area (TPSA) is 97.8 Å². The summed E-state index contributed by atoms with van der Waals surface area (Å²) >= 11 is 5.93. The zero-order valence-corrected chi connectivity index (χ0v) is 21.3. The van der Waals surface area contributed by atoms with Crippen LogP contribution < -0.4 is 20.1 Å². The van der Waals surface area contributed by atoms with Crippen LogP contribution in [0.1, 0.15) is 25.7 Å². The van der Waals surface area contributed by atoms with E-state index in [9.17, 15) is 9.18 Å². The second kappa shape index (κ2) is 11.4. The quantitative estimate of drug-likeness (QED) is 0.468. The minimum atomic E-state index is -0.557. The fourth-order valence-corrected chi connectivity index (χ4v) is 4.85. The van der Waals surface area contributed by atoms with Crippen molar-refractivity contribution in [2.45, 2.75) is 37.8 Å². The van der Waals surface area contributed by atoms with Gasteiger partial charge in [0.25, 0.3) is 0 Å². The van der Waals surface area contributed by atoms with Crippen LogP contribution in [-0.4, -0.2) is 66.5 Å². The standard InChI is InChI=1S/C26H29ClFN5O4/c1-35-22-14-21-18(25(30-15-29-21)32-20-4-2-3-19(27)24(20)28)13-23(22)37-17-7-5-16(6-8-17)31-26(34)33-9-11-36-12-10-33/h2-4,13-17H,5-12H2,1H3,(H,31,34)(H,29,30,32). The third-order valence-corrected chi connectivity index (χ3v) is 7.01. The number of methoxy groups -OCH3 is 1. The van der Waals surface area contributed by atoms with E-state index in [0.29, 0.717) is 54.5 Å². The minimum Gasteiger partial charge on any atom is -0.493 e. The highest BCUT2D eigenvalue weighted by Crippen LogP contribution is 2.37. The molecule has 11 heteroatoms. The molecular formula is C26H29ClFN5O4. The van der Waals surface area contributed by atoms with Gasteiger partial charge in [0, 0.05) is 30.6 Å². The van der Waals surface area contributed by atoms with Crippen LogP contribution in [0.4, 0.5) is 20.7 Å². The van der Waals surface area contributed by atoms with Crippen LogP contribution in [0.3, 0.4) is 0 Å². The van der Waals surface area contributed by atoms with Gasteiger partial charge in [0.15, 0.2) is 17.3 Å². The van der Waals surface area contributed by atoms with Gasteiger partial charge in [-0.05, 0) is 43.9 Å². The summed E-state index contributed by atoms with van der Waals surface area (Å²) in [6.45, 7) is 2.41. The molecule has 1 saturated carbocycles. The summed E-state index contributed by atoms with van der Waals surface area (Å²) < 4.78 is 31.7. The Morgan fingerprint density at radius 1 is 1.14 bits per heavy atom. The summed E-state index contributed by atoms with van der Waals surface area (Å²) in [4.78, 5) is 23.0. The van der Waals surface area contributed by atoms with Gasteiger partial charge in [-0.1, -0.05) is 17.7 Å². The van der Waals surface area contributed by atoms with Gasteiger partial charge in [0.05, 0.1) is 42.7 Å². The minimum absolute atomic E-state index is 0.0193. The Hall–Kier alpha value is -3.37. The molecule has 1 aliphatic carbocycles. The van der Waals surface area contributed by atoms with Gasteiger partial charge in [-0.3, -0.25) is 0 Å². The van der Waals surface area contributed by atoms with Gasteiger partial charge < -0.3 is 29.7 Å². The Labute approximate surface area is 219 Å². The summed E-state index contributed by atoms with van der Waals surface area (Å²) in [5.41, 5.74) is 0.835. The molecule has 2 N–H and O–H groups in total. The van der Waals surface area contributed by atoms with Crippen molar-refractivity contribution in [2.24, 2.45) is 0 Å². The zero-order valence-electron chi connectivity index (χ0n) is 20.5. The molecule has 196 valence electrons. The van der Waals surface area contributed by atoms with E-state index >= 15 is 0 Å². The molecule has 0 bridgehead atoms. The number of hydrogen-bond acceptors (Lipinski definition) is 7. The summed E-state index contributed by atoms with van der Waals surface area (Å²) in [6, 6.07) is 8.41. The first-order chi connectivity index (χ1) is 18.0. The highest BCUT2D eigenvalue weighted by Gasteiger charge is 2.27. The van der Waals surface area contributed by atoms with E-state index in [1.54, 1.807) is 30.2 Å². The second-order valence-electron chi connectivity index (χ2n) is 9.11. The molecule has 0 atom stereocenters. The molecule has 1 aromatic heterocycles. The molecule has 5 rings (SSSR count). The molecule has 2 aromatic carbocycles. The van der Waals surface area contributed by atoms with Crippen molar-refractivity contribution in [3.8, 4) is 11.5 Å². The summed E-state index contributed by atoms with van der Waals surface area (Å²) in [5, 5.41) is 6.84. The lowest BCUT2D eigenvalue weighted by molar-refractivity contribution is 0.0514. The van der Waals surface area contributed by atoms with E-state index in [0.717, 1.165) is 25.7 Å². The first kappa shape index (κ1) is 25.3. The van der Waals surface area contributed by atoms with Gasteiger partial charge in [-0.15, -0.1) is 0 Å². The lowest BCUT2D eigenvalue weighted by atomic mass is 9.93. The van der Waals surface area contributed by atoms with Crippen molar-refractivity contribution >= 4 is 40.0 Å². The molecule has 2 heterocycles. The smallest absolute Gasteiger partial charge is 0.317 e. The number of morpholine rings is 1. The number of hydrogen-bond donors (Lipinski definition) is 2. The number of carbonyl (C=O) groups is 1. The van der Waals surface area contributed by atoms with Crippen LogP contribution in [0, 0.1) is 5.82 Å². The van der Waals surface area contributed by atoms with Crippen LogP contribution in [0.5, 0.6) is 11.5 Å². The lowest BCUT2D eigenvalue weighted by Gasteiger charge is -2.33. The van der Waals surface area contributed by atoms with E-state index < -0.39 is 5.82 Å². The number of anilines is 2. The van der Waals surface area contributed by atoms with Crippen molar-refractivity contribution in [3.63, 3.8) is 0 Å². The molecule has 0 spiro atoms. The number of nitrogens with one attached hydrogen (secondary N) is 2. The van der Waals surface area contributed by atoms with Crippen molar-refractivity contribution in [2.75, 3.05) is 38.7 Å². The van der Waals surface area contributed by atoms with Crippen molar-refractivity contribution in [1.82, 2.24) is 20.2 Å². The van der Waals surface area contributed by atoms with E-state index in [1.165, 1.54) is 12.4 Å². The molecule has 3 aromatic rings. The van der Waals surface area contributed by atoms with E-state index in [1.807, 2.05) is 6.07 Å². The fourth-order valence-electron chi connectivity index (χ4n) is 4.68. The van der Waals surface area contributed by atoms with Crippen LogP contribution in [0.15, 0.2) is 36.7 Å². The predicted molar refractivity (Wildman–Crippen MR) is 138 cm³/mol. The van der Waals surface area contributed by atoms with Crippen LogP contribution in [0.25, 0.3) is 10.9 Å². The highest BCUT2D eigenvalue weighted by atomic mass is 35.5. The average molecular weight is 530 g/mol. The van der Waals surface area contributed by atoms with Gasteiger partial charge in [0.1, 0.15) is 12.1 Å². The molecule has 1 saturated heterocycles. The number of carbonyl (C=O) groups excluding carboxylic acids is 1. The normalized spacial score (nSPS) is 19.9. The molecule has 1 aliphatic heterocycles. The Morgan fingerprint density at radius 2 is 1.92 bits per heavy atom. The van der Waals surface area contributed by atoms with Crippen molar-refractivity contribution < 1.29 is 23.4 Å².